The molecule has 24 heavy (non-hydrogen) atoms. The molecule has 0 aliphatic carbocycles. The number of nitrogens with zero attached hydrogens (tertiary/aromatic N) is 1. The summed E-state index contributed by atoms with van der Waals surface area (Å²) in [6, 6.07) is 9.05. The molecular weight excluding hydrogens is 459 g/mol. The lowest BCUT2D eigenvalue weighted by molar-refractivity contribution is 0.125. The van der Waals surface area contributed by atoms with Gasteiger partial charge in [0.15, 0.2) is 4.34 Å². The van der Waals surface area contributed by atoms with Crippen molar-refractivity contribution in [1.82, 2.24) is 4.98 Å². The summed E-state index contributed by atoms with van der Waals surface area (Å²) in [4.78, 5) is 4.60. The van der Waals surface area contributed by atoms with Gasteiger partial charge in [-0.1, -0.05) is 22.9 Å². The van der Waals surface area contributed by atoms with Crippen LogP contribution < -0.4 is 0 Å². The molecule has 4 nitrogen and oxygen atoms in total. The molecule has 2 aromatic rings. The Bertz CT molecular complexity index is 572. The first kappa shape index (κ1) is 21.6. The second kappa shape index (κ2) is 11.9. The molecule has 0 saturated carbocycles. The van der Waals surface area contributed by atoms with Crippen LogP contribution >= 0.6 is 72.2 Å². The molecule has 0 radical (unpaired) electrons. The Morgan fingerprint density at radius 2 is 1.71 bits per heavy atom. The highest BCUT2D eigenvalue weighted by atomic mass is 33.9. The SMILES string of the molecule is CO[Si](CCSSSSSSc1nc2ccccc2s1)(OC)OC. The molecule has 12 heteroatoms. The van der Waals surface area contributed by atoms with Crippen LogP contribution in [0.2, 0.25) is 6.04 Å². The van der Waals surface area contributed by atoms with E-state index in [1.165, 1.54) is 4.70 Å². The molecule has 0 amide bonds. The van der Waals surface area contributed by atoms with Gasteiger partial charge in [0.05, 0.1) is 10.2 Å². The molecule has 1 aromatic carbocycles. The highest BCUT2D eigenvalue weighted by Crippen LogP contribution is 2.54. The molecule has 0 aliphatic heterocycles. The second-order valence-corrected chi connectivity index (χ2v) is 18.0. The van der Waals surface area contributed by atoms with Crippen molar-refractivity contribution in [2.24, 2.45) is 0 Å². The smallest absolute Gasteiger partial charge is 0.377 e. The van der Waals surface area contributed by atoms with Crippen molar-refractivity contribution in [2.75, 3.05) is 27.1 Å². The maximum atomic E-state index is 5.40. The van der Waals surface area contributed by atoms with Crippen LogP contribution in [-0.4, -0.2) is 40.9 Å². The molecule has 0 atom stereocenters. The summed E-state index contributed by atoms with van der Waals surface area (Å²) >= 11 is 1.74. The maximum absolute atomic E-state index is 5.40. The zero-order chi connectivity index (χ0) is 17.3. The molecule has 1 aromatic heterocycles. The fourth-order valence-electron chi connectivity index (χ4n) is 1.73. The normalized spacial score (nSPS) is 12.1. The lowest BCUT2D eigenvalue weighted by Gasteiger charge is -2.23. The molecule has 0 N–H and O–H groups in total. The summed E-state index contributed by atoms with van der Waals surface area (Å²) in [6.45, 7) is 0. The van der Waals surface area contributed by atoms with Crippen molar-refractivity contribution in [3.05, 3.63) is 24.3 Å². The summed E-state index contributed by atoms with van der Waals surface area (Å²) in [7, 11) is 13.1. The summed E-state index contributed by atoms with van der Waals surface area (Å²) < 4.78 is 18.5. The van der Waals surface area contributed by atoms with E-state index in [-0.39, 0.29) is 0 Å². The summed E-state index contributed by atoms with van der Waals surface area (Å²) in [6.07, 6.45) is 0. The third kappa shape index (κ3) is 6.80. The van der Waals surface area contributed by atoms with Gasteiger partial charge in [0.2, 0.25) is 0 Å². The standard InChI is InChI=1S/C12H17NO3S7Si/c1-14-24(15-2,16-3)9-8-17-20-22-23-21-19-12-13-10-6-4-5-7-11(10)18-12/h4-7H,8-9H2,1-3H3. The number of para-hydroxylation sites is 1. The average molecular weight is 476 g/mol. The van der Waals surface area contributed by atoms with E-state index in [2.05, 4.69) is 23.2 Å². The Morgan fingerprint density at radius 1 is 1.00 bits per heavy atom. The molecule has 1 heterocycles. The molecular formula is C12H17NO3S7Si. The third-order valence-corrected chi connectivity index (χ3v) is 18.1. The van der Waals surface area contributed by atoms with E-state index in [1.807, 2.05) is 6.07 Å². The highest BCUT2D eigenvalue weighted by Gasteiger charge is 2.37. The number of hydrogen-bond acceptors (Lipinski definition) is 11. The van der Waals surface area contributed by atoms with Crippen LogP contribution in [0.15, 0.2) is 28.6 Å². The zero-order valence-electron chi connectivity index (χ0n) is 13.3. The number of benzene rings is 1. The minimum atomic E-state index is -2.42. The quantitative estimate of drug-likeness (QED) is 0.193. The van der Waals surface area contributed by atoms with E-state index in [4.69, 9.17) is 13.3 Å². The fourth-order valence-corrected chi connectivity index (χ4v) is 17.1. The van der Waals surface area contributed by atoms with Gasteiger partial charge in [-0.25, -0.2) is 4.98 Å². The Kier molecular flexibility index (Phi) is 10.7. The summed E-state index contributed by atoms with van der Waals surface area (Å²) in [5.41, 5.74) is 1.08. The summed E-state index contributed by atoms with van der Waals surface area (Å²) in [5, 5.41) is 0. The zero-order valence-corrected chi connectivity index (χ0v) is 20.0. The van der Waals surface area contributed by atoms with Gasteiger partial charge in [-0.15, -0.1) is 11.3 Å². The lowest BCUT2D eigenvalue weighted by Crippen LogP contribution is -2.43. The molecule has 0 bridgehead atoms. The van der Waals surface area contributed by atoms with Crippen LogP contribution in [-0.2, 0) is 13.3 Å². The topological polar surface area (TPSA) is 40.6 Å². The second-order valence-electron chi connectivity index (χ2n) is 4.17. The van der Waals surface area contributed by atoms with E-state index in [1.54, 1.807) is 93.6 Å². The van der Waals surface area contributed by atoms with E-state index in [0.29, 0.717) is 0 Å². The third-order valence-electron chi connectivity index (χ3n) is 2.94. The average Bonchev–Trinajstić information content (AvgIpc) is 3.04. The van der Waals surface area contributed by atoms with Crippen LogP contribution in [0.25, 0.3) is 10.2 Å². The molecule has 2 rings (SSSR count). The van der Waals surface area contributed by atoms with Gasteiger partial charge in [-0.3, -0.25) is 0 Å². The highest BCUT2D eigenvalue weighted by molar-refractivity contribution is 9.41. The van der Waals surface area contributed by atoms with Gasteiger partial charge >= 0.3 is 8.80 Å². The van der Waals surface area contributed by atoms with E-state index in [0.717, 1.165) is 21.7 Å². The predicted octanol–water partition coefficient (Wildman–Crippen LogP) is 6.51. The molecule has 0 aliphatic rings. The number of hydrogen-bond donors (Lipinski definition) is 0. The number of aromatic nitrogens is 1. The first-order chi connectivity index (χ1) is 11.7. The van der Waals surface area contributed by atoms with Crippen LogP contribution in [0.1, 0.15) is 0 Å². The molecule has 0 spiro atoms. The lowest BCUT2D eigenvalue weighted by atomic mass is 10.3. The van der Waals surface area contributed by atoms with E-state index >= 15 is 0 Å². The van der Waals surface area contributed by atoms with Gasteiger partial charge in [0.25, 0.3) is 0 Å². The number of thiazole rings is 1. The van der Waals surface area contributed by atoms with Crippen molar-refractivity contribution in [3.63, 3.8) is 0 Å². The number of fused-ring (bicyclic) bond motifs is 1. The van der Waals surface area contributed by atoms with Crippen molar-refractivity contribution in [1.29, 1.82) is 0 Å². The van der Waals surface area contributed by atoms with Crippen molar-refractivity contribution in [2.45, 2.75) is 10.4 Å². The van der Waals surface area contributed by atoms with E-state index in [9.17, 15) is 0 Å². The molecule has 134 valence electrons. The van der Waals surface area contributed by atoms with Crippen LogP contribution in [0.4, 0.5) is 0 Å². The Balaban J connectivity index is 1.55. The van der Waals surface area contributed by atoms with Crippen LogP contribution in [0, 0.1) is 0 Å². The maximum Gasteiger partial charge on any atom is 0.501 e. The van der Waals surface area contributed by atoms with Gasteiger partial charge in [-0.05, 0) is 62.2 Å². The van der Waals surface area contributed by atoms with Crippen molar-refractivity contribution >= 4 is 91.2 Å². The van der Waals surface area contributed by atoms with E-state index < -0.39 is 8.80 Å². The predicted molar refractivity (Wildman–Crippen MR) is 120 cm³/mol. The monoisotopic (exact) mass is 475 g/mol. The first-order valence-corrected chi connectivity index (χ1v) is 17.1. The largest absolute Gasteiger partial charge is 0.501 e. The van der Waals surface area contributed by atoms with Gasteiger partial charge < -0.3 is 13.3 Å². The molecule has 0 unspecified atom stereocenters. The number of rotatable bonds is 12. The minimum Gasteiger partial charge on any atom is -0.377 e. The van der Waals surface area contributed by atoms with Crippen LogP contribution in [0.5, 0.6) is 0 Å². The van der Waals surface area contributed by atoms with Crippen molar-refractivity contribution in [3.8, 4) is 0 Å². The molecule has 0 saturated heterocycles. The van der Waals surface area contributed by atoms with Gasteiger partial charge in [0.1, 0.15) is 0 Å². The Morgan fingerprint density at radius 3 is 2.42 bits per heavy atom. The summed E-state index contributed by atoms with van der Waals surface area (Å²) in [5.74, 6) is 0.940. The van der Waals surface area contributed by atoms with Gasteiger partial charge in [-0.2, -0.15) is 0 Å². The Labute approximate surface area is 170 Å². The first-order valence-electron chi connectivity index (χ1n) is 6.70. The minimum absolute atomic E-state index is 0.812. The Hall–Kier alpha value is 1.31. The fraction of sp³-hybridized carbons (Fsp3) is 0.417. The van der Waals surface area contributed by atoms with Crippen molar-refractivity contribution < 1.29 is 13.3 Å². The molecule has 0 fully saturated rings. The van der Waals surface area contributed by atoms with Gasteiger partial charge in [0, 0.05) is 33.1 Å². The van der Waals surface area contributed by atoms with Crippen LogP contribution in [0.3, 0.4) is 0 Å².